The van der Waals surface area contributed by atoms with Crippen molar-refractivity contribution >= 4 is 6.03 Å². The summed E-state index contributed by atoms with van der Waals surface area (Å²) in [6.07, 6.45) is 2.03. The second-order valence-corrected chi connectivity index (χ2v) is 5.52. The zero-order chi connectivity index (χ0) is 16.4. The number of urea groups is 1. The lowest BCUT2D eigenvalue weighted by atomic mass is 10.2. The highest BCUT2D eigenvalue weighted by atomic mass is 19.1. The predicted molar refractivity (Wildman–Crippen MR) is 88.3 cm³/mol. The Hall–Kier alpha value is -1.62. The Morgan fingerprint density at radius 1 is 1.23 bits per heavy atom. The SMILES string of the molecule is CCN(CC)CCCC(C)NC(=O)NCc1ccc(F)cc1. The van der Waals surface area contributed by atoms with Gasteiger partial charge in [-0.1, -0.05) is 26.0 Å². The maximum absolute atomic E-state index is 12.8. The van der Waals surface area contributed by atoms with Crippen molar-refractivity contribution < 1.29 is 9.18 Å². The molecule has 0 fully saturated rings. The maximum Gasteiger partial charge on any atom is 0.315 e. The monoisotopic (exact) mass is 309 g/mol. The van der Waals surface area contributed by atoms with E-state index in [0.29, 0.717) is 6.54 Å². The number of benzene rings is 1. The summed E-state index contributed by atoms with van der Waals surface area (Å²) in [7, 11) is 0. The number of nitrogens with zero attached hydrogens (tertiary/aromatic N) is 1. The number of halogens is 1. The number of hydrogen-bond donors (Lipinski definition) is 2. The number of rotatable bonds is 9. The molecule has 2 N–H and O–H groups in total. The van der Waals surface area contributed by atoms with Gasteiger partial charge in [0.05, 0.1) is 0 Å². The van der Waals surface area contributed by atoms with Crippen molar-refractivity contribution in [1.82, 2.24) is 15.5 Å². The lowest BCUT2D eigenvalue weighted by molar-refractivity contribution is 0.235. The molecule has 0 saturated carbocycles. The topological polar surface area (TPSA) is 44.4 Å². The standard InChI is InChI=1S/C17H28FN3O/c1-4-21(5-2)12-6-7-14(3)20-17(22)19-13-15-8-10-16(18)11-9-15/h8-11,14H,4-7,12-13H2,1-3H3,(H2,19,20,22). The van der Waals surface area contributed by atoms with Gasteiger partial charge < -0.3 is 15.5 Å². The quantitative estimate of drug-likeness (QED) is 0.736. The van der Waals surface area contributed by atoms with Gasteiger partial charge in [0.15, 0.2) is 0 Å². The van der Waals surface area contributed by atoms with E-state index in [1.54, 1.807) is 12.1 Å². The van der Waals surface area contributed by atoms with Crippen LogP contribution in [-0.4, -0.2) is 36.6 Å². The molecule has 0 saturated heterocycles. The smallest absolute Gasteiger partial charge is 0.315 e. The Kier molecular flexibility index (Phi) is 8.51. The number of amides is 2. The van der Waals surface area contributed by atoms with E-state index in [-0.39, 0.29) is 17.9 Å². The van der Waals surface area contributed by atoms with Gasteiger partial charge >= 0.3 is 6.03 Å². The van der Waals surface area contributed by atoms with Gasteiger partial charge in [-0.3, -0.25) is 0 Å². The molecule has 4 nitrogen and oxygen atoms in total. The van der Waals surface area contributed by atoms with Gasteiger partial charge in [0.2, 0.25) is 0 Å². The molecule has 0 aromatic heterocycles. The number of carbonyl (C=O) groups is 1. The first-order chi connectivity index (χ1) is 10.5. The Bertz CT molecular complexity index is 432. The molecule has 2 amide bonds. The van der Waals surface area contributed by atoms with Crippen LogP contribution >= 0.6 is 0 Å². The molecule has 0 radical (unpaired) electrons. The third-order valence-electron chi connectivity index (χ3n) is 3.75. The normalized spacial score (nSPS) is 12.2. The fourth-order valence-corrected chi connectivity index (χ4v) is 2.29. The van der Waals surface area contributed by atoms with Gasteiger partial charge in [0.25, 0.3) is 0 Å². The van der Waals surface area contributed by atoms with Gasteiger partial charge in [-0.2, -0.15) is 0 Å². The van der Waals surface area contributed by atoms with Crippen LogP contribution in [0.15, 0.2) is 24.3 Å². The van der Waals surface area contributed by atoms with Crippen LogP contribution in [0.2, 0.25) is 0 Å². The van der Waals surface area contributed by atoms with Crippen LogP contribution in [0, 0.1) is 5.82 Å². The lowest BCUT2D eigenvalue weighted by Gasteiger charge is -2.20. The largest absolute Gasteiger partial charge is 0.336 e. The fraction of sp³-hybridized carbons (Fsp3) is 0.588. The van der Waals surface area contributed by atoms with Crippen LogP contribution in [-0.2, 0) is 6.54 Å². The summed E-state index contributed by atoms with van der Waals surface area (Å²) >= 11 is 0. The van der Waals surface area contributed by atoms with E-state index in [9.17, 15) is 9.18 Å². The summed E-state index contributed by atoms with van der Waals surface area (Å²) in [6, 6.07) is 6.09. The summed E-state index contributed by atoms with van der Waals surface area (Å²) < 4.78 is 12.8. The molecule has 1 atom stereocenters. The van der Waals surface area contributed by atoms with Gasteiger partial charge in [0.1, 0.15) is 5.82 Å². The molecule has 1 aromatic rings. The summed E-state index contributed by atoms with van der Waals surface area (Å²) in [5, 5.41) is 5.72. The van der Waals surface area contributed by atoms with Gasteiger partial charge in [-0.15, -0.1) is 0 Å². The van der Waals surface area contributed by atoms with Crippen molar-refractivity contribution in [3.63, 3.8) is 0 Å². The average molecular weight is 309 g/mol. The van der Waals surface area contributed by atoms with Gasteiger partial charge in [-0.25, -0.2) is 9.18 Å². The highest BCUT2D eigenvalue weighted by Gasteiger charge is 2.07. The van der Waals surface area contributed by atoms with Crippen LogP contribution < -0.4 is 10.6 Å². The molecule has 0 aliphatic heterocycles. The minimum atomic E-state index is -0.268. The first-order valence-corrected chi connectivity index (χ1v) is 8.06. The number of nitrogens with one attached hydrogen (secondary N) is 2. The molecular formula is C17H28FN3O. The first-order valence-electron chi connectivity index (χ1n) is 8.06. The second kappa shape index (κ2) is 10.2. The van der Waals surface area contributed by atoms with Crippen LogP contribution in [0.4, 0.5) is 9.18 Å². The zero-order valence-corrected chi connectivity index (χ0v) is 13.9. The summed E-state index contributed by atoms with van der Waals surface area (Å²) in [4.78, 5) is 14.2. The molecule has 1 aromatic carbocycles. The minimum Gasteiger partial charge on any atom is -0.336 e. The molecule has 0 bridgehead atoms. The highest BCUT2D eigenvalue weighted by Crippen LogP contribution is 2.02. The highest BCUT2D eigenvalue weighted by molar-refractivity contribution is 5.74. The molecule has 0 aliphatic carbocycles. The Balaban J connectivity index is 2.19. The van der Waals surface area contributed by atoms with Crippen LogP contribution in [0.5, 0.6) is 0 Å². The van der Waals surface area contributed by atoms with Gasteiger partial charge in [-0.05, 0) is 57.1 Å². The number of hydrogen-bond acceptors (Lipinski definition) is 2. The van der Waals surface area contributed by atoms with Crippen molar-refractivity contribution in [2.45, 2.75) is 46.2 Å². The van der Waals surface area contributed by atoms with Crippen LogP contribution in [0.1, 0.15) is 39.2 Å². The molecule has 0 spiro atoms. The Labute approximate surface area is 133 Å². The van der Waals surface area contributed by atoms with E-state index < -0.39 is 0 Å². The fourth-order valence-electron chi connectivity index (χ4n) is 2.29. The van der Waals surface area contributed by atoms with E-state index in [0.717, 1.165) is 38.0 Å². The molecular weight excluding hydrogens is 281 g/mol. The Morgan fingerprint density at radius 3 is 2.45 bits per heavy atom. The Morgan fingerprint density at radius 2 is 1.86 bits per heavy atom. The van der Waals surface area contributed by atoms with Gasteiger partial charge in [0, 0.05) is 12.6 Å². The third kappa shape index (κ3) is 7.41. The van der Waals surface area contributed by atoms with E-state index in [1.165, 1.54) is 12.1 Å². The van der Waals surface area contributed by atoms with Crippen molar-refractivity contribution in [3.8, 4) is 0 Å². The molecule has 1 unspecified atom stereocenters. The number of carbonyl (C=O) groups excluding carboxylic acids is 1. The molecule has 22 heavy (non-hydrogen) atoms. The maximum atomic E-state index is 12.8. The molecule has 0 heterocycles. The molecule has 0 aliphatic rings. The van der Waals surface area contributed by atoms with Crippen LogP contribution in [0.3, 0.4) is 0 Å². The summed E-state index contributed by atoms with van der Waals surface area (Å²) in [6.45, 7) is 9.93. The third-order valence-corrected chi connectivity index (χ3v) is 3.75. The van der Waals surface area contributed by atoms with Crippen molar-refractivity contribution in [3.05, 3.63) is 35.6 Å². The van der Waals surface area contributed by atoms with Crippen LogP contribution in [0.25, 0.3) is 0 Å². The molecule has 124 valence electrons. The van der Waals surface area contributed by atoms with Crippen molar-refractivity contribution in [1.29, 1.82) is 0 Å². The van der Waals surface area contributed by atoms with E-state index >= 15 is 0 Å². The second-order valence-electron chi connectivity index (χ2n) is 5.52. The predicted octanol–water partition coefficient (Wildman–Crippen LogP) is 3.14. The minimum absolute atomic E-state index is 0.142. The zero-order valence-electron chi connectivity index (χ0n) is 13.9. The van der Waals surface area contributed by atoms with E-state index in [1.807, 2.05) is 6.92 Å². The van der Waals surface area contributed by atoms with Crippen molar-refractivity contribution in [2.24, 2.45) is 0 Å². The average Bonchev–Trinajstić information content (AvgIpc) is 2.51. The summed E-state index contributed by atoms with van der Waals surface area (Å²) in [5.74, 6) is -0.268. The lowest BCUT2D eigenvalue weighted by Crippen LogP contribution is -2.40. The molecule has 5 heteroatoms. The van der Waals surface area contributed by atoms with E-state index in [4.69, 9.17) is 0 Å². The first kappa shape index (κ1) is 18.4. The molecule has 1 rings (SSSR count). The van der Waals surface area contributed by atoms with E-state index in [2.05, 4.69) is 29.4 Å². The summed E-state index contributed by atoms with van der Waals surface area (Å²) in [5.41, 5.74) is 0.880. The van der Waals surface area contributed by atoms with Crippen molar-refractivity contribution in [2.75, 3.05) is 19.6 Å².